The zero-order chi connectivity index (χ0) is 11.5. The van der Waals surface area contributed by atoms with Crippen LogP contribution in [-0.2, 0) is 5.75 Å². The van der Waals surface area contributed by atoms with Gasteiger partial charge in [-0.15, -0.1) is 11.8 Å². The second kappa shape index (κ2) is 4.85. The molecule has 0 spiro atoms. The minimum atomic E-state index is 0.604. The van der Waals surface area contributed by atoms with Crippen LogP contribution in [0.4, 0.5) is 5.69 Å². The van der Waals surface area contributed by atoms with Gasteiger partial charge in [-0.05, 0) is 36.8 Å². The van der Waals surface area contributed by atoms with Crippen molar-refractivity contribution in [3.8, 4) is 0 Å². The highest BCUT2D eigenvalue weighted by Crippen LogP contribution is 2.31. The van der Waals surface area contributed by atoms with Gasteiger partial charge in [0, 0.05) is 4.90 Å². The third kappa shape index (κ3) is 2.54. The molecule has 2 aromatic rings. The summed E-state index contributed by atoms with van der Waals surface area (Å²) in [5, 5.41) is 0.604. The van der Waals surface area contributed by atoms with E-state index in [1.807, 2.05) is 31.2 Å². The van der Waals surface area contributed by atoms with Crippen LogP contribution in [0.2, 0.25) is 5.02 Å². The van der Waals surface area contributed by atoms with Crippen LogP contribution in [0.25, 0.3) is 0 Å². The predicted octanol–water partition coefficient (Wildman–Crippen LogP) is 4.12. The van der Waals surface area contributed by atoms with Gasteiger partial charge in [-0.1, -0.05) is 11.6 Å². The van der Waals surface area contributed by atoms with Crippen LogP contribution >= 0.6 is 23.4 Å². The van der Waals surface area contributed by atoms with Crippen molar-refractivity contribution in [3.63, 3.8) is 0 Å². The maximum absolute atomic E-state index is 5.98. The number of hydrogen-bond acceptors (Lipinski definition) is 3. The first-order valence-corrected chi connectivity index (χ1v) is 6.24. The average Bonchev–Trinajstić information content (AvgIpc) is 2.74. The monoisotopic (exact) mass is 253 g/mol. The molecule has 0 saturated carbocycles. The highest BCUT2D eigenvalue weighted by Gasteiger charge is 2.05. The summed E-state index contributed by atoms with van der Waals surface area (Å²) in [7, 11) is 0. The lowest BCUT2D eigenvalue weighted by Crippen LogP contribution is -1.89. The number of benzene rings is 1. The number of aryl methyl sites for hydroxylation is 1. The smallest absolute Gasteiger partial charge is 0.113 e. The lowest BCUT2D eigenvalue weighted by atomic mass is 10.2. The lowest BCUT2D eigenvalue weighted by Gasteiger charge is -2.07. The van der Waals surface area contributed by atoms with Crippen LogP contribution in [0.3, 0.4) is 0 Å². The molecule has 2 rings (SSSR count). The number of anilines is 1. The maximum atomic E-state index is 5.98. The molecule has 0 aliphatic rings. The minimum Gasteiger partial charge on any atom is -0.468 e. The first-order chi connectivity index (χ1) is 7.66. The molecule has 1 aromatic heterocycles. The molecular formula is C12H12ClNOS. The number of hydrogen-bond donors (Lipinski definition) is 1. The van der Waals surface area contributed by atoms with Crippen molar-refractivity contribution >= 4 is 29.1 Å². The van der Waals surface area contributed by atoms with Crippen LogP contribution in [0.5, 0.6) is 0 Å². The Balaban J connectivity index is 2.12. The van der Waals surface area contributed by atoms with Gasteiger partial charge in [0.25, 0.3) is 0 Å². The molecule has 0 atom stereocenters. The number of nitrogen functional groups attached to an aromatic ring is 1. The summed E-state index contributed by atoms with van der Waals surface area (Å²) in [6.07, 6.45) is 1.68. The van der Waals surface area contributed by atoms with E-state index in [9.17, 15) is 0 Å². The summed E-state index contributed by atoms with van der Waals surface area (Å²) >= 11 is 7.68. The van der Waals surface area contributed by atoms with Crippen molar-refractivity contribution in [1.29, 1.82) is 0 Å². The Kier molecular flexibility index (Phi) is 3.46. The Morgan fingerprint density at radius 1 is 1.44 bits per heavy atom. The summed E-state index contributed by atoms with van der Waals surface area (Å²) in [5.41, 5.74) is 7.48. The second-order valence-electron chi connectivity index (χ2n) is 3.51. The molecule has 0 unspecified atom stereocenters. The maximum Gasteiger partial charge on any atom is 0.113 e. The SMILES string of the molecule is Cc1cc(N)c(Cl)cc1SCc1ccco1. The van der Waals surface area contributed by atoms with Crippen molar-refractivity contribution in [2.24, 2.45) is 0 Å². The van der Waals surface area contributed by atoms with E-state index in [0.717, 1.165) is 22.0 Å². The third-order valence-electron chi connectivity index (χ3n) is 2.24. The van der Waals surface area contributed by atoms with Gasteiger partial charge in [-0.3, -0.25) is 0 Å². The zero-order valence-electron chi connectivity index (χ0n) is 8.87. The van der Waals surface area contributed by atoms with Crippen LogP contribution in [0.15, 0.2) is 39.8 Å². The zero-order valence-corrected chi connectivity index (χ0v) is 10.4. The van der Waals surface area contributed by atoms with Crippen LogP contribution in [0.1, 0.15) is 11.3 Å². The Morgan fingerprint density at radius 2 is 2.25 bits per heavy atom. The van der Waals surface area contributed by atoms with E-state index >= 15 is 0 Å². The van der Waals surface area contributed by atoms with Crippen molar-refractivity contribution in [3.05, 3.63) is 46.9 Å². The summed E-state index contributed by atoms with van der Waals surface area (Å²) in [6, 6.07) is 7.65. The first-order valence-electron chi connectivity index (χ1n) is 4.87. The van der Waals surface area contributed by atoms with E-state index < -0.39 is 0 Å². The van der Waals surface area contributed by atoms with Crippen LogP contribution < -0.4 is 5.73 Å². The number of thioether (sulfide) groups is 1. The molecule has 1 aromatic carbocycles. The standard InChI is InChI=1S/C12H12ClNOS/c1-8-5-11(14)10(13)6-12(8)16-7-9-3-2-4-15-9/h2-6H,7,14H2,1H3. The van der Waals surface area contributed by atoms with Crippen molar-refractivity contribution in [2.45, 2.75) is 17.6 Å². The average molecular weight is 254 g/mol. The Bertz CT molecular complexity index is 482. The molecule has 0 fully saturated rings. The molecule has 2 nitrogen and oxygen atoms in total. The fraction of sp³-hybridized carbons (Fsp3) is 0.167. The quantitative estimate of drug-likeness (QED) is 0.661. The molecule has 0 amide bonds. The Morgan fingerprint density at radius 3 is 2.94 bits per heavy atom. The second-order valence-corrected chi connectivity index (χ2v) is 4.93. The molecule has 0 bridgehead atoms. The Hall–Kier alpha value is -1.06. The van der Waals surface area contributed by atoms with Gasteiger partial charge in [-0.2, -0.15) is 0 Å². The minimum absolute atomic E-state index is 0.604. The number of rotatable bonds is 3. The van der Waals surface area contributed by atoms with Gasteiger partial charge in [0.05, 0.1) is 22.7 Å². The fourth-order valence-corrected chi connectivity index (χ4v) is 2.56. The highest BCUT2D eigenvalue weighted by atomic mass is 35.5. The van der Waals surface area contributed by atoms with Gasteiger partial charge in [-0.25, -0.2) is 0 Å². The summed E-state index contributed by atoms with van der Waals surface area (Å²) < 4.78 is 5.27. The molecule has 2 N–H and O–H groups in total. The number of furan rings is 1. The van der Waals surface area contributed by atoms with E-state index in [-0.39, 0.29) is 0 Å². The topological polar surface area (TPSA) is 39.2 Å². The van der Waals surface area contributed by atoms with E-state index in [1.54, 1.807) is 18.0 Å². The molecule has 1 heterocycles. The Labute approximate surface area is 104 Å². The largest absolute Gasteiger partial charge is 0.468 e. The molecule has 16 heavy (non-hydrogen) atoms. The number of nitrogens with two attached hydrogens (primary N) is 1. The molecule has 0 radical (unpaired) electrons. The van der Waals surface area contributed by atoms with Crippen molar-refractivity contribution < 1.29 is 4.42 Å². The van der Waals surface area contributed by atoms with Gasteiger partial charge < -0.3 is 10.2 Å². The lowest BCUT2D eigenvalue weighted by molar-refractivity contribution is 0.530. The first kappa shape index (κ1) is 11.4. The van der Waals surface area contributed by atoms with Crippen LogP contribution in [-0.4, -0.2) is 0 Å². The molecular weight excluding hydrogens is 242 g/mol. The predicted molar refractivity (Wildman–Crippen MR) is 68.9 cm³/mol. The highest BCUT2D eigenvalue weighted by molar-refractivity contribution is 7.98. The molecule has 0 saturated heterocycles. The third-order valence-corrected chi connectivity index (χ3v) is 3.75. The van der Waals surface area contributed by atoms with Crippen molar-refractivity contribution in [1.82, 2.24) is 0 Å². The molecule has 0 aliphatic carbocycles. The van der Waals surface area contributed by atoms with Gasteiger partial charge in [0.15, 0.2) is 0 Å². The summed E-state index contributed by atoms with van der Waals surface area (Å²) in [5.74, 6) is 1.76. The van der Waals surface area contributed by atoms with Gasteiger partial charge in [0.1, 0.15) is 5.76 Å². The van der Waals surface area contributed by atoms with E-state index in [4.69, 9.17) is 21.8 Å². The number of halogens is 1. The molecule has 4 heteroatoms. The summed E-state index contributed by atoms with van der Waals surface area (Å²) in [6.45, 7) is 2.02. The van der Waals surface area contributed by atoms with Crippen LogP contribution in [0, 0.1) is 6.92 Å². The van der Waals surface area contributed by atoms with E-state index in [0.29, 0.717) is 10.7 Å². The van der Waals surface area contributed by atoms with Crippen molar-refractivity contribution in [2.75, 3.05) is 5.73 Å². The van der Waals surface area contributed by atoms with E-state index in [1.165, 1.54) is 0 Å². The van der Waals surface area contributed by atoms with E-state index in [2.05, 4.69) is 0 Å². The van der Waals surface area contributed by atoms with Gasteiger partial charge >= 0.3 is 0 Å². The molecule has 0 aliphatic heterocycles. The normalized spacial score (nSPS) is 10.6. The fourth-order valence-electron chi connectivity index (χ4n) is 1.38. The summed E-state index contributed by atoms with van der Waals surface area (Å²) in [4.78, 5) is 1.13. The van der Waals surface area contributed by atoms with Gasteiger partial charge in [0.2, 0.25) is 0 Å². The molecule has 84 valence electrons.